The highest BCUT2D eigenvalue weighted by Gasteiger charge is 2.18. The standard InChI is InChI=1S/C15H17BrN2O2S/c1-11-12(10-17-2)5-3-8-15(11)21(19,20)18-14-7-4-6-13(16)9-14/h3-9,17-18H,10H2,1-2H3. The molecule has 0 radical (unpaired) electrons. The minimum atomic E-state index is -3.60. The minimum Gasteiger partial charge on any atom is -0.316 e. The van der Waals surface area contributed by atoms with Crippen LogP contribution in [0.3, 0.4) is 0 Å². The van der Waals surface area contributed by atoms with Crippen LogP contribution in [-0.2, 0) is 16.6 Å². The largest absolute Gasteiger partial charge is 0.316 e. The van der Waals surface area contributed by atoms with Crippen molar-refractivity contribution in [2.24, 2.45) is 0 Å². The first-order chi connectivity index (χ1) is 9.94. The summed E-state index contributed by atoms with van der Waals surface area (Å²) in [5.74, 6) is 0. The van der Waals surface area contributed by atoms with E-state index in [1.807, 2.05) is 26.1 Å². The van der Waals surface area contributed by atoms with Crippen LogP contribution in [-0.4, -0.2) is 15.5 Å². The van der Waals surface area contributed by atoms with Gasteiger partial charge < -0.3 is 5.32 Å². The summed E-state index contributed by atoms with van der Waals surface area (Å²) in [6.07, 6.45) is 0. The Kier molecular flexibility index (Phi) is 5.03. The summed E-state index contributed by atoms with van der Waals surface area (Å²) < 4.78 is 28.5. The summed E-state index contributed by atoms with van der Waals surface area (Å²) in [7, 11) is -1.77. The number of rotatable bonds is 5. The van der Waals surface area contributed by atoms with Gasteiger partial charge in [0.25, 0.3) is 10.0 Å². The Balaban J connectivity index is 2.38. The van der Waals surface area contributed by atoms with Gasteiger partial charge in [-0.25, -0.2) is 8.42 Å². The monoisotopic (exact) mass is 368 g/mol. The van der Waals surface area contributed by atoms with E-state index < -0.39 is 10.0 Å². The van der Waals surface area contributed by atoms with Crippen molar-refractivity contribution in [2.45, 2.75) is 18.4 Å². The molecule has 0 atom stereocenters. The van der Waals surface area contributed by atoms with Gasteiger partial charge >= 0.3 is 0 Å². The lowest BCUT2D eigenvalue weighted by Crippen LogP contribution is -2.16. The third-order valence-corrected chi connectivity index (χ3v) is 5.15. The number of halogens is 1. The van der Waals surface area contributed by atoms with Gasteiger partial charge in [0.15, 0.2) is 0 Å². The van der Waals surface area contributed by atoms with Crippen LogP contribution in [0, 0.1) is 6.92 Å². The number of nitrogens with one attached hydrogen (secondary N) is 2. The van der Waals surface area contributed by atoms with Crippen LogP contribution < -0.4 is 10.0 Å². The number of hydrogen-bond donors (Lipinski definition) is 2. The van der Waals surface area contributed by atoms with Crippen molar-refractivity contribution in [3.8, 4) is 0 Å². The molecule has 2 rings (SSSR count). The molecular weight excluding hydrogens is 352 g/mol. The van der Waals surface area contributed by atoms with Crippen molar-refractivity contribution >= 4 is 31.6 Å². The Morgan fingerprint density at radius 3 is 2.52 bits per heavy atom. The lowest BCUT2D eigenvalue weighted by molar-refractivity contribution is 0.600. The van der Waals surface area contributed by atoms with Gasteiger partial charge in [0.1, 0.15) is 0 Å². The molecule has 0 aliphatic carbocycles. The van der Waals surface area contributed by atoms with Gasteiger partial charge in [-0.1, -0.05) is 34.1 Å². The number of benzene rings is 2. The van der Waals surface area contributed by atoms with E-state index in [9.17, 15) is 8.42 Å². The predicted octanol–water partition coefficient (Wildman–Crippen LogP) is 3.28. The summed E-state index contributed by atoms with van der Waals surface area (Å²) in [5, 5.41) is 3.04. The van der Waals surface area contributed by atoms with Crippen molar-refractivity contribution < 1.29 is 8.42 Å². The molecule has 0 aliphatic rings. The van der Waals surface area contributed by atoms with Gasteiger partial charge in [-0.3, -0.25) is 4.72 Å². The first-order valence-corrected chi connectivity index (χ1v) is 8.73. The zero-order valence-electron chi connectivity index (χ0n) is 11.9. The molecule has 0 amide bonds. The van der Waals surface area contributed by atoms with Crippen molar-refractivity contribution in [2.75, 3.05) is 11.8 Å². The molecule has 0 fully saturated rings. The van der Waals surface area contributed by atoms with Gasteiger partial charge in [0, 0.05) is 16.7 Å². The maximum atomic E-state index is 12.5. The lowest BCUT2D eigenvalue weighted by Gasteiger charge is -2.13. The molecule has 0 saturated carbocycles. The summed E-state index contributed by atoms with van der Waals surface area (Å²) in [5.41, 5.74) is 2.26. The molecule has 0 heterocycles. The molecule has 0 spiro atoms. The average Bonchev–Trinajstić information content (AvgIpc) is 2.40. The van der Waals surface area contributed by atoms with Gasteiger partial charge in [-0.15, -0.1) is 0 Å². The quantitative estimate of drug-likeness (QED) is 0.851. The van der Waals surface area contributed by atoms with E-state index in [1.165, 1.54) is 0 Å². The first-order valence-electron chi connectivity index (χ1n) is 6.45. The number of anilines is 1. The van der Waals surface area contributed by atoms with Crippen molar-refractivity contribution in [1.29, 1.82) is 0 Å². The van der Waals surface area contributed by atoms with E-state index in [-0.39, 0.29) is 0 Å². The van der Waals surface area contributed by atoms with Crippen LogP contribution >= 0.6 is 15.9 Å². The van der Waals surface area contributed by atoms with Gasteiger partial charge in [-0.2, -0.15) is 0 Å². The second-order valence-corrected chi connectivity index (χ2v) is 7.25. The molecule has 112 valence electrons. The zero-order valence-corrected chi connectivity index (χ0v) is 14.3. The first kappa shape index (κ1) is 16.0. The molecule has 0 aromatic heterocycles. The third-order valence-electron chi connectivity index (χ3n) is 3.13. The Morgan fingerprint density at radius 1 is 1.14 bits per heavy atom. The summed E-state index contributed by atoms with van der Waals surface area (Å²) in [6, 6.07) is 12.4. The van der Waals surface area contributed by atoms with Crippen LogP contribution in [0.1, 0.15) is 11.1 Å². The van der Waals surface area contributed by atoms with Gasteiger partial charge in [0.05, 0.1) is 4.90 Å². The molecule has 0 unspecified atom stereocenters. The Bertz CT molecular complexity index is 745. The van der Waals surface area contributed by atoms with Gasteiger partial charge in [0.2, 0.25) is 0 Å². The maximum absolute atomic E-state index is 12.5. The molecule has 2 N–H and O–H groups in total. The van der Waals surface area contributed by atoms with Crippen LogP contribution in [0.4, 0.5) is 5.69 Å². The normalized spacial score (nSPS) is 11.4. The fraction of sp³-hybridized carbons (Fsp3) is 0.200. The van der Waals surface area contributed by atoms with E-state index in [0.29, 0.717) is 17.1 Å². The van der Waals surface area contributed by atoms with Crippen LogP contribution in [0.25, 0.3) is 0 Å². The molecule has 2 aromatic rings. The van der Waals surface area contributed by atoms with E-state index >= 15 is 0 Å². The average molecular weight is 369 g/mol. The van der Waals surface area contributed by atoms with Gasteiger partial charge in [-0.05, 0) is 49.4 Å². The zero-order chi connectivity index (χ0) is 15.5. The highest BCUT2D eigenvalue weighted by molar-refractivity contribution is 9.10. The molecule has 6 heteroatoms. The summed E-state index contributed by atoms with van der Waals surface area (Å²) in [4.78, 5) is 0.301. The summed E-state index contributed by atoms with van der Waals surface area (Å²) in [6.45, 7) is 2.45. The van der Waals surface area contributed by atoms with Crippen molar-refractivity contribution in [3.05, 3.63) is 58.1 Å². The highest BCUT2D eigenvalue weighted by Crippen LogP contribution is 2.23. The van der Waals surface area contributed by atoms with Crippen LogP contribution in [0.2, 0.25) is 0 Å². The molecule has 2 aromatic carbocycles. The fourth-order valence-corrected chi connectivity index (χ4v) is 3.83. The maximum Gasteiger partial charge on any atom is 0.262 e. The second kappa shape index (κ2) is 6.60. The van der Waals surface area contributed by atoms with E-state index in [0.717, 1.165) is 15.6 Å². The van der Waals surface area contributed by atoms with E-state index in [1.54, 1.807) is 30.3 Å². The summed E-state index contributed by atoms with van der Waals surface area (Å²) >= 11 is 3.33. The lowest BCUT2D eigenvalue weighted by atomic mass is 10.1. The van der Waals surface area contributed by atoms with Crippen molar-refractivity contribution in [1.82, 2.24) is 5.32 Å². The predicted molar refractivity (Wildman–Crippen MR) is 88.9 cm³/mol. The number of hydrogen-bond acceptors (Lipinski definition) is 3. The molecule has 0 aliphatic heterocycles. The smallest absolute Gasteiger partial charge is 0.262 e. The molecule has 21 heavy (non-hydrogen) atoms. The Hall–Kier alpha value is -1.37. The molecule has 0 bridgehead atoms. The van der Waals surface area contributed by atoms with Crippen LogP contribution in [0.5, 0.6) is 0 Å². The van der Waals surface area contributed by atoms with E-state index in [2.05, 4.69) is 26.0 Å². The SMILES string of the molecule is CNCc1cccc(S(=O)(=O)Nc2cccc(Br)c2)c1C. The Morgan fingerprint density at radius 2 is 1.86 bits per heavy atom. The fourth-order valence-electron chi connectivity index (χ4n) is 2.10. The number of sulfonamides is 1. The Labute approximate surface area is 133 Å². The third kappa shape index (κ3) is 3.84. The molecule has 0 saturated heterocycles. The van der Waals surface area contributed by atoms with Crippen LogP contribution in [0.15, 0.2) is 51.8 Å². The molecular formula is C15H17BrN2O2S. The van der Waals surface area contributed by atoms with E-state index in [4.69, 9.17) is 0 Å². The minimum absolute atomic E-state index is 0.301. The molecule has 4 nitrogen and oxygen atoms in total. The van der Waals surface area contributed by atoms with Crippen molar-refractivity contribution in [3.63, 3.8) is 0 Å². The highest BCUT2D eigenvalue weighted by atomic mass is 79.9. The topological polar surface area (TPSA) is 58.2 Å². The second-order valence-electron chi connectivity index (χ2n) is 4.69.